The lowest BCUT2D eigenvalue weighted by molar-refractivity contribution is -0.116. The Hall–Kier alpha value is -2.17. The SMILES string of the molecule is CC(=O)Cc1ccc(OCc2ncnn2CC(C)C)cc1. The van der Waals surface area contributed by atoms with Gasteiger partial charge in [-0.2, -0.15) is 5.10 Å². The number of benzene rings is 1. The zero-order chi connectivity index (χ0) is 15.2. The van der Waals surface area contributed by atoms with E-state index in [9.17, 15) is 4.79 Å². The van der Waals surface area contributed by atoms with Crippen LogP contribution in [0.1, 0.15) is 32.2 Å². The van der Waals surface area contributed by atoms with Gasteiger partial charge in [-0.1, -0.05) is 26.0 Å². The number of aromatic nitrogens is 3. The highest BCUT2D eigenvalue weighted by Crippen LogP contribution is 2.14. The van der Waals surface area contributed by atoms with E-state index in [1.54, 1.807) is 13.3 Å². The van der Waals surface area contributed by atoms with Gasteiger partial charge < -0.3 is 4.74 Å². The van der Waals surface area contributed by atoms with E-state index in [-0.39, 0.29) is 5.78 Å². The zero-order valence-electron chi connectivity index (χ0n) is 12.7. The molecule has 5 nitrogen and oxygen atoms in total. The molecule has 0 fully saturated rings. The summed E-state index contributed by atoms with van der Waals surface area (Å²) >= 11 is 0. The van der Waals surface area contributed by atoms with Gasteiger partial charge in [0.25, 0.3) is 0 Å². The van der Waals surface area contributed by atoms with Crippen molar-refractivity contribution >= 4 is 5.78 Å². The second-order valence-electron chi connectivity index (χ2n) is 5.56. The molecule has 2 aromatic rings. The Bertz CT molecular complexity index is 588. The fourth-order valence-electron chi connectivity index (χ4n) is 2.04. The van der Waals surface area contributed by atoms with Gasteiger partial charge in [-0.3, -0.25) is 4.79 Å². The van der Waals surface area contributed by atoms with Gasteiger partial charge in [0.15, 0.2) is 5.82 Å². The molecule has 0 spiro atoms. The van der Waals surface area contributed by atoms with Crippen LogP contribution in [0, 0.1) is 5.92 Å². The lowest BCUT2D eigenvalue weighted by Crippen LogP contribution is -2.12. The molecule has 0 aliphatic heterocycles. The topological polar surface area (TPSA) is 57.0 Å². The van der Waals surface area contributed by atoms with Crippen molar-refractivity contribution in [2.24, 2.45) is 5.92 Å². The van der Waals surface area contributed by atoms with E-state index in [2.05, 4.69) is 23.9 Å². The van der Waals surface area contributed by atoms with Crippen LogP contribution in [-0.4, -0.2) is 20.5 Å². The van der Waals surface area contributed by atoms with Crippen molar-refractivity contribution in [3.05, 3.63) is 42.0 Å². The van der Waals surface area contributed by atoms with Crippen LogP contribution in [-0.2, 0) is 24.4 Å². The van der Waals surface area contributed by atoms with Crippen molar-refractivity contribution in [3.8, 4) is 5.75 Å². The lowest BCUT2D eigenvalue weighted by atomic mass is 10.1. The molecule has 0 radical (unpaired) electrons. The maximum absolute atomic E-state index is 11.1. The third-order valence-corrected chi connectivity index (χ3v) is 2.98. The normalized spacial score (nSPS) is 10.9. The van der Waals surface area contributed by atoms with Crippen LogP contribution in [0.15, 0.2) is 30.6 Å². The molecule has 0 saturated heterocycles. The van der Waals surface area contributed by atoms with Crippen LogP contribution < -0.4 is 4.74 Å². The fraction of sp³-hybridized carbons (Fsp3) is 0.438. The zero-order valence-corrected chi connectivity index (χ0v) is 12.7. The van der Waals surface area contributed by atoms with Gasteiger partial charge in [0.05, 0.1) is 0 Å². The average Bonchev–Trinajstić information content (AvgIpc) is 2.84. The average molecular weight is 287 g/mol. The van der Waals surface area contributed by atoms with Gasteiger partial charge in [0.1, 0.15) is 24.5 Å². The second kappa shape index (κ2) is 7.02. The predicted octanol–water partition coefficient (Wildman–Crippen LogP) is 2.64. The largest absolute Gasteiger partial charge is 0.486 e. The number of hydrogen-bond acceptors (Lipinski definition) is 4. The summed E-state index contributed by atoms with van der Waals surface area (Å²) in [4.78, 5) is 15.3. The Morgan fingerprint density at radius 1 is 1.29 bits per heavy atom. The summed E-state index contributed by atoms with van der Waals surface area (Å²) in [5.41, 5.74) is 0.998. The summed E-state index contributed by atoms with van der Waals surface area (Å²) < 4.78 is 7.59. The third kappa shape index (κ3) is 4.70. The van der Waals surface area contributed by atoms with Crippen molar-refractivity contribution < 1.29 is 9.53 Å². The molecule has 0 amide bonds. The van der Waals surface area contributed by atoms with E-state index >= 15 is 0 Å². The van der Waals surface area contributed by atoms with Crippen molar-refractivity contribution in [2.75, 3.05) is 0 Å². The molecule has 0 aliphatic rings. The minimum Gasteiger partial charge on any atom is -0.486 e. The van der Waals surface area contributed by atoms with E-state index in [1.807, 2.05) is 28.9 Å². The summed E-state index contributed by atoms with van der Waals surface area (Å²) in [7, 11) is 0. The van der Waals surface area contributed by atoms with Crippen LogP contribution in [0.3, 0.4) is 0 Å². The lowest BCUT2D eigenvalue weighted by Gasteiger charge is -2.10. The highest BCUT2D eigenvalue weighted by molar-refractivity contribution is 5.78. The van der Waals surface area contributed by atoms with Gasteiger partial charge >= 0.3 is 0 Å². The molecule has 21 heavy (non-hydrogen) atoms. The maximum atomic E-state index is 11.1. The van der Waals surface area contributed by atoms with E-state index in [1.165, 1.54) is 0 Å². The highest BCUT2D eigenvalue weighted by Gasteiger charge is 2.07. The van der Waals surface area contributed by atoms with E-state index < -0.39 is 0 Å². The molecule has 0 aliphatic carbocycles. The number of rotatable bonds is 7. The first kappa shape index (κ1) is 15.2. The molecule has 112 valence electrons. The predicted molar refractivity (Wildman–Crippen MR) is 80.0 cm³/mol. The summed E-state index contributed by atoms with van der Waals surface area (Å²) in [5.74, 6) is 2.25. The first-order chi connectivity index (χ1) is 10.0. The molecule has 5 heteroatoms. The number of nitrogens with zero attached hydrogens (tertiary/aromatic N) is 3. The van der Waals surface area contributed by atoms with Crippen LogP contribution in [0.5, 0.6) is 5.75 Å². The Morgan fingerprint density at radius 2 is 2.00 bits per heavy atom. The Kier molecular flexibility index (Phi) is 5.09. The quantitative estimate of drug-likeness (QED) is 0.785. The summed E-state index contributed by atoms with van der Waals surface area (Å²) in [6.45, 7) is 7.08. The molecule has 2 rings (SSSR count). The van der Waals surface area contributed by atoms with Crippen LogP contribution in [0.25, 0.3) is 0 Å². The van der Waals surface area contributed by atoms with E-state index in [4.69, 9.17) is 4.74 Å². The minimum absolute atomic E-state index is 0.158. The molecule has 0 saturated carbocycles. The molecule has 1 heterocycles. The Morgan fingerprint density at radius 3 is 2.62 bits per heavy atom. The number of ketones is 1. The molecule has 0 unspecified atom stereocenters. The van der Waals surface area contributed by atoms with Gasteiger partial charge in [-0.15, -0.1) is 0 Å². The first-order valence-corrected chi connectivity index (χ1v) is 7.12. The van der Waals surface area contributed by atoms with Crippen LogP contribution in [0.4, 0.5) is 0 Å². The molecule has 1 aromatic heterocycles. The smallest absolute Gasteiger partial charge is 0.164 e. The summed E-state index contributed by atoms with van der Waals surface area (Å²) in [5, 5.41) is 4.20. The van der Waals surface area contributed by atoms with Gasteiger partial charge in [0, 0.05) is 13.0 Å². The Balaban J connectivity index is 1.94. The number of Topliss-reactive ketones (excluding diaryl/α,β-unsaturated/α-hetero) is 1. The summed E-state index contributed by atoms with van der Waals surface area (Å²) in [6, 6.07) is 7.58. The third-order valence-electron chi connectivity index (χ3n) is 2.98. The fourth-order valence-corrected chi connectivity index (χ4v) is 2.04. The molecule has 0 N–H and O–H groups in total. The number of carbonyl (C=O) groups excluding carboxylic acids is 1. The van der Waals surface area contributed by atoms with Crippen molar-refractivity contribution in [3.63, 3.8) is 0 Å². The van der Waals surface area contributed by atoms with Crippen LogP contribution in [0.2, 0.25) is 0 Å². The van der Waals surface area contributed by atoms with Crippen molar-refractivity contribution in [2.45, 2.75) is 40.3 Å². The van der Waals surface area contributed by atoms with Gasteiger partial charge in [-0.25, -0.2) is 9.67 Å². The molecule has 0 atom stereocenters. The van der Waals surface area contributed by atoms with E-state index in [0.717, 1.165) is 23.7 Å². The second-order valence-corrected chi connectivity index (χ2v) is 5.56. The minimum atomic E-state index is 0.158. The molecular weight excluding hydrogens is 266 g/mol. The molecule has 0 bridgehead atoms. The van der Waals surface area contributed by atoms with E-state index in [0.29, 0.717) is 18.9 Å². The molecular formula is C16H21N3O2. The van der Waals surface area contributed by atoms with Gasteiger partial charge in [-0.05, 0) is 30.5 Å². The van der Waals surface area contributed by atoms with Crippen molar-refractivity contribution in [1.29, 1.82) is 0 Å². The number of hydrogen-bond donors (Lipinski definition) is 0. The highest BCUT2D eigenvalue weighted by atomic mass is 16.5. The van der Waals surface area contributed by atoms with Crippen LogP contribution >= 0.6 is 0 Å². The monoisotopic (exact) mass is 287 g/mol. The number of carbonyl (C=O) groups is 1. The maximum Gasteiger partial charge on any atom is 0.164 e. The van der Waals surface area contributed by atoms with Gasteiger partial charge in [0.2, 0.25) is 0 Å². The van der Waals surface area contributed by atoms with Crippen molar-refractivity contribution in [1.82, 2.24) is 14.8 Å². The number of ether oxygens (including phenoxy) is 1. The first-order valence-electron chi connectivity index (χ1n) is 7.12. The molecule has 1 aromatic carbocycles. The standard InChI is InChI=1S/C16H21N3O2/c1-12(2)9-19-16(17-11-18-19)10-21-15-6-4-14(5-7-15)8-13(3)20/h4-7,11-12H,8-10H2,1-3H3. The summed E-state index contributed by atoms with van der Waals surface area (Å²) in [6.07, 6.45) is 2.01. The Labute approximate surface area is 125 Å².